The van der Waals surface area contributed by atoms with E-state index >= 15 is 0 Å². The molecule has 1 heterocycles. The Bertz CT molecular complexity index is 182. The van der Waals surface area contributed by atoms with Crippen molar-refractivity contribution in [2.45, 2.75) is 19.4 Å². The zero-order valence-corrected chi connectivity index (χ0v) is 8.88. The predicted molar refractivity (Wildman–Crippen MR) is 58.1 cm³/mol. The van der Waals surface area contributed by atoms with E-state index in [2.05, 4.69) is 23.5 Å². The molecule has 0 aliphatic carbocycles. The van der Waals surface area contributed by atoms with Crippen LogP contribution in [0.5, 0.6) is 0 Å². The largest absolute Gasteiger partial charge is 0.381 e. The minimum Gasteiger partial charge on any atom is -0.381 e. The lowest BCUT2D eigenvalue weighted by molar-refractivity contribution is 0.178. The van der Waals surface area contributed by atoms with Gasteiger partial charge < -0.3 is 15.4 Å². The normalized spacial score (nSPS) is 23.3. The number of hydrogen-bond acceptors (Lipinski definition) is 3. The van der Waals surface area contributed by atoms with E-state index in [-0.39, 0.29) is 0 Å². The van der Waals surface area contributed by atoms with Crippen LogP contribution in [0.15, 0.2) is 0 Å². The summed E-state index contributed by atoms with van der Waals surface area (Å²) in [5, 5.41) is 6.62. The molecule has 3 nitrogen and oxygen atoms in total. The summed E-state index contributed by atoms with van der Waals surface area (Å²) >= 11 is 0. The summed E-state index contributed by atoms with van der Waals surface area (Å²) in [5.41, 5.74) is 0. The monoisotopic (exact) mass is 196 g/mol. The highest BCUT2D eigenvalue weighted by atomic mass is 16.5. The van der Waals surface area contributed by atoms with Crippen LogP contribution in [0.25, 0.3) is 0 Å². The molecule has 0 saturated carbocycles. The van der Waals surface area contributed by atoms with Crippen LogP contribution >= 0.6 is 0 Å². The molecule has 1 aliphatic rings. The molecule has 80 valence electrons. The molecular weight excluding hydrogens is 176 g/mol. The van der Waals surface area contributed by atoms with Crippen molar-refractivity contribution >= 4 is 0 Å². The maximum Gasteiger partial charge on any atom is 0.0574 e. The van der Waals surface area contributed by atoms with E-state index in [0.29, 0.717) is 18.5 Å². The highest BCUT2D eigenvalue weighted by molar-refractivity contribution is 4.86. The summed E-state index contributed by atoms with van der Waals surface area (Å²) in [7, 11) is 0. The lowest BCUT2D eigenvalue weighted by Gasteiger charge is -2.19. The Labute approximate surface area is 86.6 Å². The maximum atomic E-state index is 5.34. The Morgan fingerprint density at radius 3 is 3.07 bits per heavy atom. The maximum absolute atomic E-state index is 5.34. The van der Waals surface area contributed by atoms with Crippen molar-refractivity contribution in [1.82, 2.24) is 10.6 Å². The first kappa shape index (κ1) is 11.5. The first-order chi connectivity index (χ1) is 6.84. The highest BCUT2D eigenvalue weighted by Crippen LogP contribution is 2.15. The number of terminal acetylenes is 1. The fourth-order valence-corrected chi connectivity index (χ4v) is 1.66. The summed E-state index contributed by atoms with van der Waals surface area (Å²) < 4.78 is 5.34. The molecular formula is C11H20N2O. The fraction of sp³-hybridized carbons (Fsp3) is 0.818. The third-order valence-electron chi connectivity index (χ3n) is 2.67. The summed E-state index contributed by atoms with van der Waals surface area (Å²) in [5.74, 6) is 3.24. The smallest absolute Gasteiger partial charge is 0.0574 e. The summed E-state index contributed by atoms with van der Waals surface area (Å²) in [4.78, 5) is 0. The Kier molecular flexibility index (Phi) is 5.62. The van der Waals surface area contributed by atoms with Gasteiger partial charge in [0.25, 0.3) is 0 Å². The average molecular weight is 196 g/mol. The number of ether oxygens (including phenoxy) is 1. The van der Waals surface area contributed by atoms with Crippen molar-refractivity contribution in [2.75, 3.05) is 32.8 Å². The van der Waals surface area contributed by atoms with Gasteiger partial charge in [-0.05, 0) is 19.3 Å². The second-order valence-electron chi connectivity index (χ2n) is 3.75. The van der Waals surface area contributed by atoms with Crippen molar-refractivity contribution in [3.8, 4) is 12.3 Å². The van der Waals surface area contributed by atoms with Gasteiger partial charge in [-0.15, -0.1) is 6.42 Å². The van der Waals surface area contributed by atoms with Crippen LogP contribution in [0.1, 0.15) is 13.3 Å². The van der Waals surface area contributed by atoms with Gasteiger partial charge in [-0.25, -0.2) is 0 Å². The van der Waals surface area contributed by atoms with Crippen LogP contribution in [0.4, 0.5) is 0 Å². The summed E-state index contributed by atoms with van der Waals surface area (Å²) in [6.07, 6.45) is 6.31. The Morgan fingerprint density at radius 1 is 1.57 bits per heavy atom. The molecule has 1 fully saturated rings. The molecule has 0 spiro atoms. The molecule has 1 aliphatic heterocycles. The molecule has 2 atom stereocenters. The Morgan fingerprint density at radius 2 is 2.43 bits per heavy atom. The van der Waals surface area contributed by atoms with Gasteiger partial charge in [-0.3, -0.25) is 0 Å². The van der Waals surface area contributed by atoms with E-state index in [4.69, 9.17) is 11.2 Å². The third kappa shape index (κ3) is 4.10. The van der Waals surface area contributed by atoms with E-state index in [1.54, 1.807) is 0 Å². The van der Waals surface area contributed by atoms with Crippen molar-refractivity contribution in [3.05, 3.63) is 0 Å². The van der Waals surface area contributed by atoms with E-state index in [1.165, 1.54) is 6.42 Å². The second kappa shape index (κ2) is 6.83. The summed E-state index contributed by atoms with van der Waals surface area (Å²) in [6.45, 7) is 6.61. The molecule has 0 radical (unpaired) electrons. The number of hydrogen-bond donors (Lipinski definition) is 2. The molecule has 0 aromatic rings. The van der Waals surface area contributed by atoms with Crippen LogP contribution in [-0.4, -0.2) is 38.9 Å². The van der Waals surface area contributed by atoms with Crippen LogP contribution in [0, 0.1) is 18.3 Å². The topological polar surface area (TPSA) is 33.3 Å². The second-order valence-corrected chi connectivity index (χ2v) is 3.75. The number of nitrogens with one attached hydrogen (secondary N) is 2. The molecule has 0 amide bonds. The minimum absolute atomic E-state index is 0.546. The van der Waals surface area contributed by atoms with Crippen molar-refractivity contribution in [3.63, 3.8) is 0 Å². The molecule has 1 saturated heterocycles. The highest BCUT2D eigenvalue weighted by Gasteiger charge is 2.21. The van der Waals surface area contributed by atoms with E-state index < -0.39 is 0 Å². The molecule has 2 N–H and O–H groups in total. The number of rotatable bonds is 6. The molecule has 0 aromatic carbocycles. The fourth-order valence-electron chi connectivity index (χ4n) is 1.66. The molecule has 0 aromatic heterocycles. The lowest BCUT2D eigenvalue weighted by Crippen LogP contribution is -2.38. The first-order valence-electron chi connectivity index (χ1n) is 5.30. The van der Waals surface area contributed by atoms with Crippen LogP contribution < -0.4 is 10.6 Å². The van der Waals surface area contributed by atoms with Gasteiger partial charge in [-0.1, -0.05) is 5.92 Å². The van der Waals surface area contributed by atoms with Crippen molar-refractivity contribution in [1.29, 1.82) is 0 Å². The lowest BCUT2D eigenvalue weighted by atomic mass is 10.0. The van der Waals surface area contributed by atoms with Crippen LogP contribution in [-0.2, 0) is 4.74 Å². The van der Waals surface area contributed by atoms with E-state index in [1.807, 2.05) is 0 Å². The minimum atomic E-state index is 0.546. The molecule has 3 heteroatoms. The molecule has 0 bridgehead atoms. The SMILES string of the molecule is C#CCNCCNC(C)C1CCOC1. The van der Waals surface area contributed by atoms with Crippen molar-refractivity contribution < 1.29 is 4.74 Å². The van der Waals surface area contributed by atoms with Gasteiger partial charge in [0.1, 0.15) is 0 Å². The van der Waals surface area contributed by atoms with Gasteiger partial charge >= 0.3 is 0 Å². The molecule has 1 rings (SSSR count). The van der Waals surface area contributed by atoms with Gasteiger partial charge in [0.2, 0.25) is 0 Å². The molecule has 14 heavy (non-hydrogen) atoms. The van der Waals surface area contributed by atoms with Gasteiger partial charge in [0.15, 0.2) is 0 Å². The Balaban J connectivity index is 1.97. The Hall–Kier alpha value is -0.560. The zero-order chi connectivity index (χ0) is 10.2. The summed E-state index contributed by atoms with van der Waals surface area (Å²) in [6, 6.07) is 0.546. The van der Waals surface area contributed by atoms with Crippen molar-refractivity contribution in [2.24, 2.45) is 5.92 Å². The first-order valence-corrected chi connectivity index (χ1v) is 5.30. The predicted octanol–water partition coefficient (Wildman–Crippen LogP) is 0.224. The van der Waals surface area contributed by atoms with E-state index in [0.717, 1.165) is 26.3 Å². The van der Waals surface area contributed by atoms with Crippen LogP contribution in [0.3, 0.4) is 0 Å². The standard InChI is InChI=1S/C11H20N2O/c1-3-5-12-6-7-13-10(2)11-4-8-14-9-11/h1,10-13H,4-9H2,2H3. The van der Waals surface area contributed by atoms with Gasteiger partial charge in [0.05, 0.1) is 13.2 Å². The van der Waals surface area contributed by atoms with Crippen LogP contribution in [0.2, 0.25) is 0 Å². The van der Waals surface area contributed by atoms with Gasteiger partial charge in [0, 0.05) is 25.7 Å². The van der Waals surface area contributed by atoms with Gasteiger partial charge in [-0.2, -0.15) is 0 Å². The zero-order valence-electron chi connectivity index (χ0n) is 8.88. The van der Waals surface area contributed by atoms with E-state index in [9.17, 15) is 0 Å². The quantitative estimate of drug-likeness (QED) is 0.471. The average Bonchev–Trinajstić information content (AvgIpc) is 2.70. The molecule has 2 unspecified atom stereocenters. The third-order valence-corrected chi connectivity index (χ3v) is 2.67.